The van der Waals surface area contributed by atoms with E-state index in [1.54, 1.807) is 0 Å². The van der Waals surface area contributed by atoms with Crippen LogP contribution >= 0.6 is 11.8 Å². The van der Waals surface area contributed by atoms with Gasteiger partial charge in [-0.25, -0.2) is 0 Å². The van der Waals surface area contributed by atoms with Gasteiger partial charge in [0.1, 0.15) is 11.2 Å². The summed E-state index contributed by atoms with van der Waals surface area (Å²) < 4.78 is 8.84. The van der Waals surface area contributed by atoms with Gasteiger partial charge >= 0.3 is 0 Å². The molecule has 0 spiro atoms. The zero-order chi connectivity index (χ0) is 26.9. The first-order valence-electron chi connectivity index (χ1n) is 14.1. The van der Waals surface area contributed by atoms with Gasteiger partial charge in [-0.15, -0.1) is 0 Å². The summed E-state index contributed by atoms with van der Waals surface area (Å²) in [5.41, 5.74) is 13.3. The summed E-state index contributed by atoms with van der Waals surface area (Å²) in [6, 6.07) is 46.3. The summed E-state index contributed by atoms with van der Waals surface area (Å²) in [6.45, 7) is 0. The quantitative estimate of drug-likeness (QED) is 0.216. The summed E-state index contributed by atoms with van der Waals surface area (Å²) in [6.07, 6.45) is 0. The smallest absolute Gasteiger partial charge is 0.143 e. The molecule has 8 aromatic rings. The first-order valence-corrected chi connectivity index (χ1v) is 15.2. The number of benzene rings is 6. The summed E-state index contributed by atoms with van der Waals surface area (Å²) in [5.74, 6) is 2.01. The van der Waals surface area contributed by atoms with E-state index in [2.05, 4.69) is 126 Å². The van der Waals surface area contributed by atoms with Crippen molar-refractivity contribution in [2.45, 2.75) is 11.5 Å². The molecule has 0 N–H and O–H groups in total. The van der Waals surface area contributed by atoms with Crippen molar-refractivity contribution in [1.29, 1.82) is 0 Å². The highest BCUT2D eigenvalue weighted by atomic mass is 32.2. The van der Waals surface area contributed by atoms with E-state index in [0.29, 0.717) is 0 Å². The second-order valence-corrected chi connectivity index (χ2v) is 11.8. The van der Waals surface area contributed by atoms with Crippen molar-refractivity contribution in [3.63, 3.8) is 0 Å². The molecule has 0 aliphatic carbocycles. The Bertz CT molecular complexity index is 2250. The summed E-state index contributed by atoms with van der Waals surface area (Å²) in [5, 5.41) is 4.90. The van der Waals surface area contributed by atoms with Crippen molar-refractivity contribution in [2.24, 2.45) is 0 Å². The number of para-hydroxylation sites is 4. The lowest BCUT2D eigenvalue weighted by atomic mass is 9.92. The van der Waals surface area contributed by atoms with Gasteiger partial charge in [-0.2, -0.15) is 11.8 Å². The number of furan rings is 1. The van der Waals surface area contributed by atoms with Crippen molar-refractivity contribution in [2.75, 3.05) is 0 Å². The molecule has 0 amide bonds. The van der Waals surface area contributed by atoms with Crippen molar-refractivity contribution in [3.05, 3.63) is 139 Å². The van der Waals surface area contributed by atoms with E-state index >= 15 is 0 Å². The molecule has 41 heavy (non-hydrogen) atoms. The molecule has 6 aromatic carbocycles. The van der Waals surface area contributed by atoms with E-state index in [-0.39, 0.29) is 0 Å². The Labute approximate surface area is 241 Å². The molecular weight excluding hydrogens is 518 g/mol. The van der Waals surface area contributed by atoms with E-state index in [9.17, 15) is 0 Å². The Morgan fingerprint density at radius 3 is 1.93 bits per heavy atom. The third kappa shape index (κ3) is 3.46. The molecule has 0 atom stereocenters. The number of nitrogens with zero attached hydrogens (tertiary/aromatic N) is 1. The van der Waals surface area contributed by atoms with E-state index in [0.717, 1.165) is 39.0 Å². The van der Waals surface area contributed by atoms with Crippen molar-refractivity contribution in [3.8, 4) is 27.9 Å². The minimum absolute atomic E-state index is 0.933. The van der Waals surface area contributed by atoms with Crippen LogP contribution in [0.1, 0.15) is 11.1 Å². The van der Waals surface area contributed by atoms with Gasteiger partial charge in [0.2, 0.25) is 0 Å². The fraction of sp³-hybridized carbons (Fsp3) is 0.0526. The van der Waals surface area contributed by atoms with Gasteiger partial charge in [0, 0.05) is 44.3 Å². The van der Waals surface area contributed by atoms with E-state index in [1.807, 2.05) is 17.8 Å². The molecule has 0 saturated heterocycles. The molecular formula is C38H25NOS. The van der Waals surface area contributed by atoms with Gasteiger partial charge in [0.05, 0.1) is 11.0 Å². The molecule has 0 saturated carbocycles. The maximum Gasteiger partial charge on any atom is 0.143 e. The molecule has 3 heteroatoms. The lowest BCUT2D eigenvalue weighted by Crippen LogP contribution is -1.97. The van der Waals surface area contributed by atoms with E-state index in [4.69, 9.17) is 4.42 Å². The lowest BCUT2D eigenvalue weighted by Gasteiger charge is -2.15. The topological polar surface area (TPSA) is 18.1 Å². The van der Waals surface area contributed by atoms with Crippen LogP contribution in [0.15, 0.2) is 132 Å². The first-order chi connectivity index (χ1) is 20.3. The Morgan fingerprint density at radius 2 is 1.15 bits per heavy atom. The summed E-state index contributed by atoms with van der Waals surface area (Å²) in [7, 11) is 0. The van der Waals surface area contributed by atoms with Gasteiger partial charge in [0.25, 0.3) is 0 Å². The van der Waals surface area contributed by atoms with Gasteiger partial charge in [-0.05, 0) is 64.2 Å². The molecule has 0 bridgehead atoms. The highest BCUT2D eigenvalue weighted by Gasteiger charge is 2.20. The molecule has 1 aliphatic heterocycles. The first kappa shape index (κ1) is 23.0. The SMILES string of the molecule is c1ccc2c(c1)oc1c(-c3ccc4c(c3)-c3cc(-n5c6ccccc6c6ccccc65)ccc3CSC4)cccc12. The molecule has 2 aromatic heterocycles. The van der Waals surface area contributed by atoms with Crippen LogP contribution in [0.3, 0.4) is 0 Å². The van der Waals surface area contributed by atoms with E-state index < -0.39 is 0 Å². The van der Waals surface area contributed by atoms with Crippen molar-refractivity contribution >= 4 is 55.5 Å². The second kappa shape index (κ2) is 8.89. The summed E-state index contributed by atoms with van der Waals surface area (Å²) >= 11 is 1.99. The van der Waals surface area contributed by atoms with Crippen LogP contribution in [0.4, 0.5) is 0 Å². The van der Waals surface area contributed by atoms with Gasteiger partial charge in [-0.1, -0.05) is 91.0 Å². The van der Waals surface area contributed by atoms with Gasteiger partial charge in [-0.3, -0.25) is 0 Å². The van der Waals surface area contributed by atoms with Crippen LogP contribution in [0.2, 0.25) is 0 Å². The molecule has 3 heterocycles. The minimum Gasteiger partial charge on any atom is -0.455 e. The Kier molecular flexibility index (Phi) is 4.99. The Morgan fingerprint density at radius 1 is 0.512 bits per heavy atom. The van der Waals surface area contributed by atoms with Crippen LogP contribution in [-0.2, 0) is 11.5 Å². The number of rotatable bonds is 2. The Balaban J connectivity index is 1.27. The minimum atomic E-state index is 0.933. The maximum atomic E-state index is 6.42. The normalized spacial score (nSPS) is 13.1. The largest absolute Gasteiger partial charge is 0.455 e. The molecule has 2 nitrogen and oxygen atoms in total. The third-order valence-corrected chi connectivity index (χ3v) is 9.59. The predicted molar refractivity (Wildman–Crippen MR) is 174 cm³/mol. The van der Waals surface area contributed by atoms with E-state index in [1.165, 1.54) is 55.3 Å². The van der Waals surface area contributed by atoms with Crippen LogP contribution in [-0.4, -0.2) is 4.57 Å². The fourth-order valence-electron chi connectivity index (χ4n) is 6.65. The zero-order valence-electron chi connectivity index (χ0n) is 22.3. The van der Waals surface area contributed by atoms with Gasteiger partial charge < -0.3 is 8.98 Å². The maximum absolute atomic E-state index is 6.42. The molecule has 194 valence electrons. The number of thioether (sulfide) groups is 1. The lowest BCUT2D eigenvalue weighted by molar-refractivity contribution is 0.670. The van der Waals surface area contributed by atoms with Crippen molar-refractivity contribution in [1.82, 2.24) is 4.57 Å². The van der Waals surface area contributed by atoms with Crippen LogP contribution in [0.25, 0.3) is 71.7 Å². The molecule has 0 radical (unpaired) electrons. The van der Waals surface area contributed by atoms with Crippen LogP contribution in [0.5, 0.6) is 0 Å². The molecule has 9 rings (SSSR count). The standard InChI is InChI=1S/C38H25NOS/c1-4-13-35-29(8-1)30-9-2-5-14-36(30)39(35)27-19-18-26-23-41-22-25-17-16-24(20-33(25)34(26)21-27)28-11-7-12-32-31-10-3-6-15-37(31)40-38(28)32/h1-21H,22-23H2. The van der Waals surface area contributed by atoms with Gasteiger partial charge in [0.15, 0.2) is 0 Å². The zero-order valence-corrected chi connectivity index (χ0v) is 23.1. The third-order valence-electron chi connectivity index (χ3n) is 8.56. The average Bonchev–Trinajstić information content (AvgIpc) is 3.51. The fourth-order valence-corrected chi connectivity index (χ4v) is 7.69. The average molecular weight is 544 g/mol. The second-order valence-electron chi connectivity index (χ2n) is 10.9. The summed E-state index contributed by atoms with van der Waals surface area (Å²) in [4.78, 5) is 0. The Hall–Kier alpha value is -4.73. The predicted octanol–water partition coefficient (Wildman–Crippen LogP) is 10.8. The monoisotopic (exact) mass is 543 g/mol. The molecule has 0 fully saturated rings. The highest BCUT2D eigenvalue weighted by Crippen LogP contribution is 2.42. The highest BCUT2D eigenvalue weighted by molar-refractivity contribution is 7.97. The number of hydrogen-bond donors (Lipinski definition) is 0. The van der Waals surface area contributed by atoms with Crippen LogP contribution in [0, 0.1) is 0 Å². The number of aromatic nitrogens is 1. The number of hydrogen-bond acceptors (Lipinski definition) is 2. The molecule has 0 unspecified atom stereocenters. The van der Waals surface area contributed by atoms with Crippen molar-refractivity contribution < 1.29 is 4.42 Å². The molecule has 1 aliphatic rings. The van der Waals surface area contributed by atoms with Crippen LogP contribution < -0.4 is 0 Å². The number of fused-ring (bicyclic) bond motifs is 9.